The number of amides is 1. The summed E-state index contributed by atoms with van der Waals surface area (Å²) in [5.41, 5.74) is 0.408. The normalized spacial score (nSPS) is 21.1. The average Bonchev–Trinajstić information content (AvgIpc) is 3.43. The zero-order valence-corrected chi connectivity index (χ0v) is 21.1. The van der Waals surface area contributed by atoms with Gasteiger partial charge in [0.2, 0.25) is 0 Å². The maximum atomic E-state index is 13.6. The molecule has 9 heteroatoms. The Kier molecular flexibility index (Phi) is 6.90. The van der Waals surface area contributed by atoms with E-state index < -0.39 is 0 Å². The van der Waals surface area contributed by atoms with Crippen molar-refractivity contribution in [3.05, 3.63) is 61.1 Å². The molecule has 1 aromatic carbocycles. The molecular formula is C24H24BrClN2O4S. The number of hydrogen-bond acceptors (Lipinski definition) is 5. The van der Waals surface area contributed by atoms with E-state index in [1.165, 1.54) is 17.4 Å². The van der Waals surface area contributed by atoms with Crippen LogP contribution in [0.2, 0.25) is 5.02 Å². The number of carbonyl (C=O) groups excluding carboxylic acids is 1. The minimum absolute atomic E-state index is 0.0194. The first-order valence-electron chi connectivity index (χ1n) is 11.2. The Morgan fingerprint density at radius 2 is 2.03 bits per heavy atom. The highest BCUT2D eigenvalue weighted by molar-refractivity contribution is 9.10. The van der Waals surface area contributed by atoms with Crippen molar-refractivity contribution in [1.29, 1.82) is 0 Å². The van der Waals surface area contributed by atoms with Gasteiger partial charge < -0.3 is 14.4 Å². The summed E-state index contributed by atoms with van der Waals surface area (Å²) in [5, 5.41) is 1.29. The van der Waals surface area contributed by atoms with Crippen molar-refractivity contribution in [3.63, 3.8) is 0 Å². The number of nitrogens with zero attached hydrogens (tertiary/aromatic N) is 2. The SMILES string of the molecule is O=C(c1sc2c(ccc(=O)n2-c2ccccc2Cl)c1Br)N1CCC[C@@H]1COC1CCCCO1. The van der Waals surface area contributed by atoms with E-state index in [0.717, 1.165) is 44.1 Å². The van der Waals surface area contributed by atoms with Crippen molar-refractivity contribution in [2.24, 2.45) is 0 Å². The zero-order chi connectivity index (χ0) is 22.9. The molecule has 0 spiro atoms. The number of pyridine rings is 1. The molecule has 174 valence electrons. The van der Waals surface area contributed by atoms with Gasteiger partial charge in [0.25, 0.3) is 11.5 Å². The second kappa shape index (κ2) is 9.88. The monoisotopic (exact) mass is 550 g/mol. The Labute approximate surface area is 209 Å². The van der Waals surface area contributed by atoms with Crippen LogP contribution in [0.15, 0.2) is 45.7 Å². The lowest BCUT2D eigenvalue weighted by Gasteiger charge is -2.28. The van der Waals surface area contributed by atoms with Crippen LogP contribution in [0.4, 0.5) is 0 Å². The lowest BCUT2D eigenvalue weighted by atomic mass is 10.2. The Balaban J connectivity index is 1.45. The fourth-order valence-electron chi connectivity index (χ4n) is 4.52. The van der Waals surface area contributed by atoms with Crippen molar-refractivity contribution < 1.29 is 14.3 Å². The van der Waals surface area contributed by atoms with Crippen LogP contribution in [0, 0.1) is 0 Å². The topological polar surface area (TPSA) is 60.8 Å². The number of hydrogen-bond donors (Lipinski definition) is 0. The number of rotatable bonds is 5. The summed E-state index contributed by atoms with van der Waals surface area (Å²) in [4.78, 5) is 29.6. The summed E-state index contributed by atoms with van der Waals surface area (Å²) in [6.45, 7) is 1.90. The van der Waals surface area contributed by atoms with Gasteiger partial charge in [-0.25, -0.2) is 0 Å². The molecule has 0 saturated carbocycles. The minimum atomic E-state index is -0.191. The van der Waals surface area contributed by atoms with Gasteiger partial charge in [-0.2, -0.15) is 0 Å². The molecule has 1 unspecified atom stereocenters. The highest BCUT2D eigenvalue weighted by Gasteiger charge is 2.33. The van der Waals surface area contributed by atoms with Crippen molar-refractivity contribution in [3.8, 4) is 5.69 Å². The Hall–Kier alpha value is -1.71. The number of para-hydroxylation sites is 1. The van der Waals surface area contributed by atoms with Gasteiger partial charge in [0, 0.05) is 24.6 Å². The number of ether oxygens (including phenoxy) is 2. The molecule has 5 rings (SSSR count). The largest absolute Gasteiger partial charge is 0.353 e. The summed E-state index contributed by atoms with van der Waals surface area (Å²) in [6, 6.07) is 10.5. The van der Waals surface area contributed by atoms with Gasteiger partial charge in [-0.15, -0.1) is 11.3 Å². The number of benzene rings is 1. The fourth-order valence-corrected chi connectivity index (χ4v) is 6.76. The Morgan fingerprint density at radius 3 is 2.82 bits per heavy atom. The quantitative estimate of drug-likeness (QED) is 0.413. The van der Waals surface area contributed by atoms with Crippen LogP contribution in [0.25, 0.3) is 15.9 Å². The molecule has 1 amide bonds. The molecule has 4 heterocycles. The molecule has 0 aliphatic carbocycles. The number of carbonyl (C=O) groups is 1. The maximum absolute atomic E-state index is 13.6. The molecule has 0 bridgehead atoms. The van der Waals surface area contributed by atoms with Crippen LogP contribution >= 0.6 is 38.9 Å². The zero-order valence-electron chi connectivity index (χ0n) is 18.0. The van der Waals surface area contributed by atoms with E-state index in [1.54, 1.807) is 22.8 Å². The molecular weight excluding hydrogens is 528 g/mol. The van der Waals surface area contributed by atoms with Gasteiger partial charge in [-0.1, -0.05) is 23.7 Å². The molecule has 2 aliphatic rings. The summed E-state index contributed by atoms with van der Waals surface area (Å²) in [7, 11) is 0. The van der Waals surface area contributed by atoms with Gasteiger partial charge in [-0.05, 0) is 66.2 Å². The third kappa shape index (κ3) is 4.51. The van der Waals surface area contributed by atoms with Gasteiger partial charge in [0.1, 0.15) is 9.71 Å². The number of fused-ring (bicyclic) bond motifs is 1. The second-order valence-electron chi connectivity index (χ2n) is 8.35. The van der Waals surface area contributed by atoms with E-state index in [-0.39, 0.29) is 23.8 Å². The van der Waals surface area contributed by atoms with Crippen LogP contribution in [-0.2, 0) is 9.47 Å². The predicted molar refractivity (Wildman–Crippen MR) is 134 cm³/mol. The van der Waals surface area contributed by atoms with E-state index in [0.29, 0.717) is 38.0 Å². The van der Waals surface area contributed by atoms with Crippen LogP contribution in [0.3, 0.4) is 0 Å². The van der Waals surface area contributed by atoms with Crippen LogP contribution in [-0.4, -0.2) is 47.5 Å². The predicted octanol–water partition coefficient (Wildman–Crippen LogP) is 5.62. The first-order valence-corrected chi connectivity index (χ1v) is 13.2. The van der Waals surface area contributed by atoms with Crippen molar-refractivity contribution >= 4 is 55.0 Å². The van der Waals surface area contributed by atoms with E-state index in [4.69, 9.17) is 21.1 Å². The first kappa shape index (κ1) is 23.1. The molecule has 6 nitrogen and oxygen atoms in total. The molecule has 0 radical (unpaired) electrons. The summed E-state index contributed by atoms with van der Waals surface area (Å²) < 4.78 is 14.0. The van der Waals surface area contributed by atoms with Crippen molar-refractivity contribution in [1.82, 2.24) is 9.47 Å². The standard InChI is InChI=1S/C24H24BrClN2O4S/c25-21-16-10-11-19(29)28(18-8-2-1-7-17(18)26)24(16)33-22(21)23(30)27-12-5-6-15(27)14-32-20-9-3-4-13-31-20/h1-2,7-8,10-11,15,20H,3-6,9,12-14H2/t15-,20?/m1/s1. The van der Waals surface area contributed by atoms with Crippen molar-refractivity contribution in [2.45, 2.75) is 44.4 Å². The Bertz CT molecular complexity index is 1240. The van der Waals surface area contributed by atoms with Gasteiger partial charge in [0.05, 0.1) is 27.8 Å². The third-order valence-electron chi connectivity index (χ3n) is 6.22. The molecule has 2 atom stereocenters. The molecule has 2 aliphatic heterocycles. The second-order valence-corrected chi connectivity index (χ2v) is 10.5. The van der Waals surface area contributed by atoms with Gasteiger partial charge in [0.15, 0.2) is 6.29 Å². The van der Waals surface area contributed by atoms with Crippen LogP contribution < -0.4 is 5.56 Å². The molecule has 2 fully saturated rings. The van der Waals surface area contributed by atoms with E-state index in [2.05, 4.69) is 15.9 Å². The lowest BCUT2D eigenvalue weighted by Crippen LogP contribution is -2.39. The van der Waals surface area contributed by atoms with Crippen LogP contribution in [0.1, 0.15) is 41.8 Å². The molecule has 3 aromatic rings. The van der Waals surface area contributed by atoms with E-state index >= 15 is 0 Å². The average molecular weight is 552 g/mol. The number of thiophene rings is 1. The maximum Gasteiger partial charge on any atom is 0.265 e. The fraction of sp³-hybridized carbons (Fsp3) is 0.417. The summed E-state index contributed by atoms with van der Waals surface area (Å²) >= 11 is 11.3. The molecule has 0 N–H and O–H groups in total. The smallest absolute Gasteiger partial charge is 0.265 e. The van der Waals surface area contributed by atoms with Gasteiger partial charge in [-0.3, -0.25) is 14.2 Å². The first-order chi connectivity index (χ1) is 16.0. The third-order valence-corrected chi connectivity index (χ3v) is 8.80. The van der Waals surface area contributed by atoms with Gasteiger partial charge >= 0.3 is 0 Å². The van der Waals surface area contributed by atoms with Crippen LogP contribution in [0.5, 0.6) is 0 Å². The minimum Gasteiger partial charge on any atom is -0.353 e. The number of likely N-dealkylation sites (tertiary alicyclic amines) is 1. The Morgan fingerprint density at radius 1 is 1.18 bits per heavy atom. The number of halogens is 2. The lowest BCUT2D eigenvalue weighted by molar-refractivity contribution is -0.168. The summed E-state index contributed by atoms with van der Waals surface area (Å²) in [6.07, 6.45) is 4.77. The highest BCUT2D eigenvalue weighted by Crippen LogP contribution is 2.38. The molecule has 2 aromatic heterocycles. The highest BCUT2D eigenvalue weighted by atomic mass is 79.9. The van der Waals surface area contributed by atoms with E-state index in [1.807, 2.05) is 17.0 Å². The van der Waals surface area contributed by atoms with Crippen molar-refractivity contribution in [2.75, 3.05) is 19.8 Å². The van der Waals surface area contributed by atoms with E-state index in [9.17, 15) is 9.59 Å². The molecule has 33 heavy (non-hydrogen) atoms. The molecule has 2 saturated heterocycles. The summed E-state index contributed by atoms with van der Waals surface area (Å²) in [5.74, 6) is -0.0445. The number of aromatic nitrogens is 1.